The van der Waals surface area contributed by atoms with Gasteiger partial charge in [-0.25, -0.2) is 0 Å². The highest BCUT2D eigenvalue weighted by atomic mass is 35.5. The van der Waals surface area contributed by atoms with Crippen LogP contribution in [-0.2, 0) is 6.42 Å². The zero-order valence-electron chi connectivity index (χ0n) is 16.8. The van der Waals surface area contributed by atoms with Gasteiger partial charge < -0.3 is 15.3 Å². The van der Waals surface area contributed by atoms with Gasteiger partial charge in [-0.15, -0.1) is 0 Å². The third-order valence-corrected chi connectivity index (χ3v) is 6.45. The molecule has 0 spiro atoms. The van der Waals surface area contributed by atoms with Crippen molar-refractivity contribution in [3.8, 4) is 5.75 Å². The Labute approximate surface area is 191 Å². The first-order valence-electron chi connectivity index (χ1n) is 10.2. The van der Waals surface area contributed by atoms with Crippen LogP contribution < -0.4 is 5.32 Å². The number of nitrogens with zero attached hydrogens (tertiary/aromatic N) is 1. The minimum Gasteiger partial charge on any atom is -0.507 e. The van der Waals surface area contributed by atoms with E-state index in [0.717, 1.165) is 35.0 Å². The van der Waals surface area contributed by atoms with Gasteiger partial charge in [0.25, 0.3) is 0 Å². The molecule has 0 radical (unpaired) electrons. The van der Waals surface area contributed by atoms with Gasteiger partial charge >= 0.3 is 0 Å². The van der Waals surface area contributed by atoms with Gasteiger partial charge in [-0.05, 0) is 59.4 Å². The second-order valence-electron chi connectivity index (χ2n) is 7.71. The third-order valence-electron chi connectivity index (χ3n) is 5.87. The molecule has 154 valence electrons. The van der Waals surface area contributed by atoms with E-state index >= 15 is 0 Å². The lowest BCUT2D eigenvalue weighted by Gasteiger charge is -2.39. The zero-order valence-corrected chi connectivity index (χ0v) is 18.3. The maximum absolute atomic E-state index is 11.2. The van der Waals surface area contributed by atoms with Gasteiger partial charge in [0.2, 0.25) is 0 Å². The monoisotopic (exact) mass is 444 g/mol. The van der Waals surface area contributed by atoms with E-state index in [1.54, 1.807) is 0 Å². The second-order valence-corrected chi connectivity index (χ2v) is 8.53. The van der Waals surface area contributed by atoms with Crippen LogP contribution in [0.4, 0.5) is 5.69 Å². The lowest BCUT2D eigenvalue weighted by atomic mass is 9.87. The maximum Gasteiger partial charge on any atom is 0.174 e. The van der Waals surface area contributed by atoms with Gasteiger partial charge in [0.15, 0.2) is 5.11 Å². The number of aromatic hydroxyl groups is 1. The second kappa shape index (κ2) is 8.22. The Morgan fingerprint density at radius 1 is 0.903 bits per heavy atom. The number of hydrogen-bond acceptors (Lipinski definition) is 2. The summed E-state index contributed by atoms with van der Waals surface area (Å²) in [6, 6.07) is 27.7. The Kier molecular flexibility index (Phi) is 5.26. The molecule has 0 saturated heterocycles. The smallest absolute Gasteiger partial charge is 0.174 e. The summed E-state index contributed by atoms with van der Waals surface area (Å²) in [5, 5.41) is 17.7. The van der Waals surface area contributed by atoms with Crippen LogP contribution in [0.25, 0.3) is 10.8 Å². The van der Waals surface area contributed by atoms with E-state index in [4.69, 9.17) is 23.8 Å². The molecular weight excluding hydrogens is 424 g/mol. The number of phenolic OH excluding ortho intramolecular Hbond substituents is 1. The first kappa shape index (κ1) is 19.9. The summed E-state index contributed by atoms with van der Waals surface area (Å²) in [6.07, 6.45) is 0.892. The van der Waals surface area contributed by atoms with Crippen molar-refractivity contribution in [2.45, 2.75) is 12.5 Å². The number of anilines is 1. The lowest BCUT2D eigenvalue weighted by Crippen LogP contribution is -2.42. The molecule has 1 atom stereocenters. The van der Waals surface area contributed by atoms with Crippen molar-refractivity contribution in [1.29, 1.82) is 0 Å². The third kappa shape index (κ3) is 3.73. The van der Waals surface area contributed by atoms with Crippen molar-refractivity contribution >= 4 is 45.4 Å². The van der Waals surface area contributed by atoms with E-state index in [0.29, 0.717) is 15.9 Å². The van der Waals surface area contributed by atoms with E-state index in [9.17, 15) is 5.11 Å². The Morgan fingerprint density at radius 2 is 1.65 bits per heavy atom. The summed E-state index contributed by atoms with van der Waals surface area (Å²) >= 11 is 11.9. The molecule has 5 heteroatoms. The average molecular weight is 445 g/mol. The Bertz CT molecular complexity index is 1270. The highest BCUT2D eigenvalue weighted by molar-refractivity contribution is 7.80. The van der Waals surface area contributed by atoms with Crippen LogP contribution >= 0.6 is 23.8 Å². The van der Waals surface area contributed by atoms with Crippen molar-refractivity contribution in [2.24, 2.45) is 0 Å². The average Bonchev–Trinajstić information content (AvgIpc) is 2.80. The van der Waals surface area contributed by atoms with E-state index in [-0.39, 0.29) is 6.04 Å². The molecule has 5 rings (SSSR count). The van der Waals surface area contributed by atoms with Crippen molar-refractivity contribution < 1.29 is 5.11 Å². The molecule has 1 heterocycles. The Balaban J connectivity index is 1.59. The topological polar surface area (TPSA) is 35.5 Å². The number of nitrogens with one attached hydrogen (secondary N) is 1. The molecule has 31 heavy (non-hydrogen) atoms. The minimum atomic E-state index is -0.179. The molecule has 1 aliphatic rings. The predicted molar refractivity (Wildman–Crippen MR) is 132 cm³/mol. The Hall–Kier alpha value is -3.08. The Morgan fingerprint density at radius 3 is 2.48 bits per heavy atom. The molecule has 0 fully saturated rings. The van der Waals surface area contributed by atoms with Crippen molar-refractivity contribution in [2.75, 3.05) is 11.9 Å². The van der Waals surface area contributed by atoms with Crippen LogP contribution in [0.15, 0.2) is 84.9 Å². The van der Waals surface area contributed by atoms with Crippen molar-refractivity contribution in [3.63, 3.8) is 0 Å². The predicted octanol–water partition coefficient (Wildman–Crippen LogP) is 6.54. The van der Waals surface area contributed by atoms with E-state index in [2.05, 4.69) is 34.5 Å². The SMILES string of the molecule is Oc1c(C2c3ccccc3CCN2C(=S)Nc2ccc(Cl)cc2)ccc2ccccc12. The normalized spacial score (nSPS) is 15.5. The van der Waals surface area contributed by atoms with Crippen molar-refractivity contribution in [1.82, 2.24) is 4.90 Å². The van der Waals surface area contributed by atoms with Gasteiger partial charge in [0.05, 0.1) is 6.04 Å². The molecule has 0 aromatic heterocycles. The highest BCUT2D eigenvalue weighted by Crippen LogP contribution is 2.42. The summed E-state index contributed by atoms with van der Waals surface area (Å²) < 4.78 is 0. The fraction of sp³-hybridized carbons (Fsp3) is 0.115. The van der Waals surface area contributed by atoms with Crippen molar-refractivity contribution in [3.05, 3.63) is 107 Å². The van der Waals surface area contributed by atoms with Gasteiger partial charge in [-0.2, -0.15) is 0 Å². The molecule has 0 saturated carbocycles. The van der Waals surface area contributed by atoms with Crippen LogP contribution in [0.2, 0.25) is 5.02 Å². The fourth-order valence-corrected chi connectivity index (χ4v) is 4.78. The molecule has 2 N–H and O–H groups in total. The number of fused-ring (bicyclic) bond motifs is 2. The van der Waals surface area contributed by atoms with E-state index < -0.39 is 0 Å². The largest absolute Gasteiger partial charge is 0.507 e. The summed E-state index contributed by atoms with van der Waals surface area (Å²) in [4.78, 5) is 2.16. The van der Waals surface area contributed by atoms with E-state index in [1.165, 1.54) is 11.1 Å². The van der Waals surface area contributed by atoms with Crippen LogP contribution in [0, 0.1) is 0 Å². The standard InChI is InChI=1S/C26H21ClN2OS/c27-19-10-12-20(13-11-19)28-26(31)29-16-15-18-6-1-3-7-21(18)24(29)23-14-9-17-5-2-4-8-22(17)25(23)30/h1-14,24,30H,15-16H2,(H,28,31). The number of benzene rings is 4. The van der Waals surface area contributed by atoms with Crippen LogP contribution in [0.3, 0.4) is 0 Å². The summed E-state index contributed by atoms with van der Waals surface area (Å²) in [5.74, 6) is 0.305. The maximum atomic E-state index is 11.2. The quantitative estimate of drug-likeness (QED) is 0.344. The summed E-state index contributed by atoms with van der Waals surface area (Å²) in [6.45, 7) is 0.757. The summed E-state index contributed by atoms with van der Waals surface area (Å²) in [5.41, 5.74) is 4.19. The van der Waals surface area contributed by atoms with Crippen LogP contribution in [0.5, 0.6) is 5.75 Å². The first-order valence-corrected chi connectivity index (χ1v) is 11.0. The van der Waals surface area contributed by atoms with Crippen LogP contribution in [-0.4, -0.2) is 21.7 Å². The summed E-state index contributed by atoms with van der Waals surface area (Å²) in [7, 11) is 0. The number of phenols is 1. The molecule has 1 unspecified atom stereocenters. The van der Waals surface area contributed by atoms with Gasteiger partial charge in [0.1, 0.15) is 5.75 Å². The molecule has 1 aliphatic heterocycles. The number of thiocarbonyl (C=S) groups is 1. The van der Waals surface area contributed by atoms with Gasteiger partial charge in [0, 0.05) is 28.2 Å². The van der Waals surface area contributed by atoms with Gasteiger partial charge in [-0.3, -0.25) is 0 Å². The zero-order chi connectivity index (χ0) is 21.4. The van der Waals surface area contributed by atoms with Crippen LogP contribution in [0.1, 0.15) is 22.7 Å². The van der Waals surface area contributed by atoms with E-state index in [1.807, 2.05) is 60.7 Å². The molecule has 4 aromatic rings. The lowest BCUT2D eigenvalue weighted by molar-refractivity contribution is 0.334. The molecule has 0 bridgehead atoms. The highest BCUT2D eigenvalue weighted by Gasteiger charge is 2.32. The molecule has 3 nitrogen and oxygen atoms in total. The fourth-order valence-electron chi connectivity index (χ4n) is 4.34. The van der Waals surface area contributed by atoms with Gasteiger partial charge in [-0.1, -0.05) is 72.3 Å². The first-order chi connectivity index (χ1) is 15.1. The number of rotatable bonds is 2. The minimum absolute atomic E-state index is 0.179. The number of halogens is 1. The molecule has 0 amide bonds. The molecule has 0 aliphatic carbocycles. The molecular formula is C26H21ClN2OS. The number of hydrogen-bond donors (Lipinski definition) is 2. The molecule has 4 aromatic carbocycles.